The van der Waals surface area contributed by atoms with Gasteiger partial charge in [-0.25, -0.2) is 9.59 Å². The van der Waals surface area contributed by atoms with Crippen LogP contribution in [0.25, 0.3) is 39.0 Å². The number of halogens is 1. The first-order valence-corrected chi connectivity index (χ1v) is 28.6. The molecule has 372 valence electrons. The minimum absolute atomic E-state index is 0.0306. The number of amides is 1. The molecule has 5 N–H and O–H groups in total. The van der Waals surface area contributed by atoms with Crippen molar-refractivity contribution in [1.82, 2.24) is 5.32 Å². The molecule has 73 heavy (non-hydrogen) atoms. The van der Waals surface area contributed by atoms with Gasteiger partial charge in [0.05, 0.1) is 23.2 Å². The van der Waals surface area contributed by atoms with Crippen LogP contribution in [0.1, 0.15) is 143 Å². The standard InChI is InChI=1S/C59H52IN2O11/c1-60-22-6-11-32-25-45-51(44-24-31-9-4-2-3-8-30-10-5-12-39(49(30)31)53(44)73-55(45)41-13-7-23-61-52(32)41)42-26-33(14-18-37(42)58(68)69)56(65)62-29-46-47(64)21-20-40-50(38-19-16-35(63)28-48(38)72-54(40)46)36-17-15-34(57(66)67)27-43(36)59(70)71/h14-21,24-28,30,64H,2-13,22-23,29H2,1H3,(H,62,65)(H,66,67)(H,68,69)(H,70,71)/q-1. The summed E-state index contributed by atoms with van der Waals surface area (Å²) in [7, 11) is 0. The fraction of sp³-hybridized carbons (Fsp3) is 0.288. The fourth-order valence-corrected chi connectivity index (χ4v) is 13.0. The predicted octanol–water partition coefficient (Wildman–Crippen LogP) is 6.40. The Kier molecular flexibility index (Phi) is 12.9. The van der Waals surface area contributed by atoms with Crippen LogP contribution < -0.4 is 47.3 Å². The predicted molar refractivity (Wildman–Crippen MR) is 270 cm³/mol. The molecule has 1 unspecified atom stereocenters. The van der Waals surface area contributed by atoms with Gasteiger partial charge in [0.25, 0.3) is 0 Å². The van der Waals surface area contributed by atoms with E-state index in [9.17, 15) is 44.4 Å². The third-order valence-corrected chi connectivity index (χ3v) is 16.9. The molecule has 3 heterocycles. The molecule has 6 aliphatic rings. The molecular formula is C59H52IN2O11-. The second kappa shape index (κ2) is 19.6. The average Bonchev–Trinajstić information content (AvgIpc) is 3.38. The van der Waals surface area contributed by atoms with Crippen molar-refractivity contribution in [2.24, 2.45) is 4.99 Å². The number of carbonyl (C=O) groups is 4. The van der Waals surface area contributed by atoms with E-state index in [2.05, 4.69) is 22.4 Å². The van der Waals surface area contributed by atoms with E-state index in [1.165, 1.54) is 77.7 Å². The Balaban J connectivity index is 1.07. The Hall–Kier alpha value is -7.33. The van der Waals surface area contributed by atoms with Gasteiger partial charge in [-0.15, -0.1) is 0 Å². The summed E-state index contributed by atoms with van der Waals surface area (Å²) in [6, 6.07) is 19.7. The van der Waals surface area contributed by atoms with E-state index in [0.29, 0.717) is 39.3 Å². The van der Waals surface area contributed by atoms with Gasteiger partial charge in [0.15, 0.2) is 5.43 Å². The number of aryl methyl sites for hydroxylation is 2. The number of aromatic hydroxyl groups is 1. The third kappa shape index (κ3) is 8.62. The molecule has 14 heteroatoms. The van der Waals surface area contributed by atoms with E-state index in [-0.39, 0.29) is 78.2 Å². The van der Waals surface area contributed by atoms with Crippen LogP contribution in [0, 0.1) is 0 Å². The quantitative estimate of drug-likeness (QED) is 0.0391. The first-order chi connectivity index (χ1) is 35.4. The van der Waals surface area contributed by atoms with E-state index < -0.39 is 29.2 Å². The average molecular weight is 1090 g/mol. The summed E-state index contributed by atoms with van der Waals surface area (Å²) in [4.78, 5) is 72.8. The number of benzene rings is 6. The van der Waals surface area contributed by atoms with Gasteiger partial charge >= 0.3 is 256 Å². The topological polar surface area (TPSA) is 213 Å². The summed E-state index contributed by atoms with van der Waals surface area (Å²) in [5, 5.41) is 47.5. The van der Waals surface area contributed by atoms with Crippen LogP contribution in [0.5, 0.6) is 17.2 Å². The van der Waals surface area contributed by atoms with Crippen LogP contribution in [-0.4, -0.2) is 60.1 Å². The van der Waals surface area contributed by atoms with Crippen LogP contribution in [0.2, 0.25) is 0 Å². The van der Waals surface area contributed by atoms with Gasteiger partial charge in [0, 0.05) is 22.6 Å². The number of nitrogens with one attached hydrogen (secondary N) is 1. The number of alkyl halides is 2. The van der Waals surface area contributed by atoms with Gasteiger partial charge < -0.3 is 19.7 Å². The van der Waals surface area contributed by atoms with Gasteiger partial charge in [-0.3, -0.25) is 4.79 Å². The number of carboxylic acid groups (broad SMARTS) is 3. The number of nitrogens with zero attached hydrogens (tertiary/aromatic N) is 1. The SMILES string of the molecule is C[I-]CCCc1cc2c(c3c1=NCCC3)Oc1c(cc3c4c1CCCC4CCCCC3)C=2c1cc(C(=O)NCc2c(O)ccc3c(-c4ccc(C(=O)O)cc4C(=O)O)c4ccc(=O)cc-4oc23)ccc1C(=O)O. The molecule has 0 saturated carbocycles. The van der Waals surface area contributed by atoms with Crippen molar-refractivity contribution >= 4 is 40.4 Å². The molecule has 5 aromatic carbocycles. The number of phenols is 1. The van der Waals surface area contributed by atoms with Crippen molar-refractivity contribution in [1.29, 1.82) is 0 Å². The zero-order chi connectivity index (χ0) is 50.7. The molecule has 0 bridgehead atoms. The summed E-state index contributed by atoms with van der Waals surface area (Å²) in [6.07, 6.45) is 11.9. The number of ether oxygens (including phenoxy) is 1. The first-order valence-electron chi connectivity index (χ1n) is 24.9. The molecule has 0 saturated heterocycles. The number of fused-ring (bicyclic) bond motifs is 7. The summed E-state index contributed by atoms with van der Waals surface area (Å²) < 4.78 is 14.8. The molecule has 0 radical (unpaired) electrons. The van der Waals surface area contributed by atoms with E-state index in [1.54, 1.807) is 6.07 Å². The monoisotopic (exact) mass is 1090 g/mol. The van der Waals surface area contributed by atoms with Gasteiger partial charge in [0.1, 0.15) is 17.1 Å². The Morgan fingerprint density at radius 1 is 0.740 bits per heavy atom. The Morgan fingerprint density at radius 2 is 1.53 bits per heavy atom. The number of carboxylic acids is 3. The molecule has 0 fully saturated rings. The van der Waals surface area contributed by atoms with Gasteiger partial charge in [-0.2, -0.15) is 0 Å². The molecule has 5 aromatic rings. The molecule has 0 aromatic heterocycles. The normalized spacial score (nSPS) is 15.7. The van der Waals surface area contributed by atoms with Crippen molar-refractivity contribution in [3.05, 3.63) is 166 Å². The summed E-state index contributed by atoms with van der Waals surface area (Å²) in [5.74, 6) is -2.70. The van der Waals surface area contributed by atoms with E-state index in [4.69, 9.17) is 14.1 Å². The Bertz CT molecular complexity index is 3670. The molecule has 11 rings (SSSR count). The number of hydrogen-bond acceptors (Lipinski definition) is 9. The fourth-order valence-electron chi connectivity index (χ4n) is 11.8. The number of phenolic OH excluding ortho intramolecular Hbond substituents is 1. The van der Waals surface area contributed by atoms with Crippen molar-refractivity contribution in [2.45, 2.75) is 89.5 Å². The van der Waals surface area contributed by atoms with Crippen LogP contribution in [-0.2, 0) is 32.2 Å². The molecule has 1 atom stereocenters. The third-order valence-electron chi connectivity index (χ3n) is 15.1. The second-order valence-electron chi connectivity index (χ2n) is 19.4. The summed E-state index contributed by atoms with van der Waals surface area (Å²) in [5.41, 5.74) is 8.19. The van der Waals surface area contributed by atoms with Gasteiger partial charge in [0.2, 0.25) is 0 Å². The molecule has 3 aliphatic heterocycles. The van der Waals surface area contributed by atoms with E-state index in [0.717, 1.165) is 121 Å². The molecule has 3 aliphatic carbocycles. The van der Waals surface area contributed by atoms with Crippen LogP contribution in [0.4, 0.5) is 0 Å². The second-order valence-corrected chi connectivity index (χ2v) is 22.1. The minimum atomic E-state index is -1.39. The van der Waals surface area contributed by atoms with Gasteiger partial charge in [-0.05, 0) is 54.8 Å². The van der Waals surface area contributed by atoms with Crippen molar-refractivity contribution in [2.75, 3.05) is 15.9 Å². The van der Waals surface area contributed by atoms with Crippen molar-refractivity contribution in [3.63, 3.8) is 0 Å². The zero-order valence-corrected chi connectivity index (χ0v) is 42.3. The summed E-state index contributed by atoms with van der Waals surface area (Å²) in [6.45, 7) is 0.421. The van der Waals surface area contributed by atoms with Crippen LogP contribution >= 0.6 is 0 Å². The molecule has 1 amide bonds. The first kappa shape index (κ1) is 48.0. The number of hydrogen-bond donors (Lipinski definition) is 5. The van der Waals surface area contributed by atoms with Crippen LogP contribution in [0.15, 0.2) is 93.1 Å². The van der Waals surface area contributed by atoms with E-state index >= 15 is 0 Å². The molecule has 0 spiro atoms. The maximum atomic E-state index is 14.7. The van der Waals surface area contributed by atoms with Crippen molar-refractivity contribution in [3.8, 4) is 39.7 Å². The zero-order valence-electron chi connectivity index (χ0n) is 40.2. The van der Waals surface area contributed by atoms with Gasteiger partial charge in [-0.1, -0.05) is 18.9 Å². The molecule has 13 nitrogen and oxygen atoms in total. The Labute approximate surface area is 429 Å². The van der Waals surface area contributed by atoms with Crippen molar-refractivity contribution < 1.29 is 70.0 Å². The van der Waals surface area contributed by atoms with Crippen LogP contribution in [0.3, 0.4) is 0 Å². The number of carbonyl (C=O) groups excluding carboxylic acids is 1. The maximum absolute atomic E-state index is 14.7. The molecular weight excluding hydrogens is 1040 g/mol. The summed E-state index contributed by atoms with van der Waals surface area (Å²) >= 11 is 0.0833. The van der Waals surface area contributed by atoms with E-state index in [1.807, 2.05) is 0 Å². The number of rotatable bonds is 12. The number of aromatic carboxylic acids is 3. The Morgan fingerprint density at radius 3 is 2.34 bits per heavy atom.